The van der Waals surface area contributed by atoms with Gasteiger partial charge >= 0.3 is 0 Å². The van der Waals surface area contributed by atoms with Crippen molar-refractivity contribution in [1.29, 1.82) is 0 Å². The highest BCUT2D eigenvalue weighted by Gasteiger charge is 2.15. The van der Waals surface area contributed by atoms with Gasteiger partial charge in [0.1, 0.15) is 0 Å². The average molecular weight is 397 g/mol. The van der Waals surface area contributed by atoms with E-state index >= 15 is 0 Å². The Morgan fingerprint density at radius 3 is 1.74 bits per heavy atom. The minimum absolute atomic E-state index is 1.10. The van der Waals surface area contributed by atoms with Crippen molar-refractivity contribution in [3.05, 3.63) is 107 Å². The quantitative estimate of drug-likeness (QED) is 0.302. The van der Waals surface area contributed by atoms with Gasteiger partial charge in [0.2, 0.25) is 0 Å². The van der Waals surface area contributed by atoms with Gasteiger partial charge in [-0.15, -0.1) is 0 Å². The number of aryl methyl sites for hydroxylation is 1. The first-order valence-corrected chi connectivity index (χ1v) is 11.1. The Kier molecular flexibility index (Phi) is 4.25. The number of benzene rings is 5. The molecule has 1 aliphatic rings. The fraction of sp³-hybridized carbons (Fsp3) is 0.0968. The first-order valence-electron chi connectivity index (χ1n) is 11.1. The monoisotopic (exact) mass is 396 g/mol. The SMILES string of the molecule is Cc1ccc(-c2c3c(c(-c4ccc5ccccc5c4)c4ccccc24)=CCCC=3)cc1. The van der Waals surface area contributed by atoms with Crippen molar-refractivity contribution in [3.8, 4) is 22.3 Å². The molecule has 148 valence electrons. The van der Waals surface area contributed by atoms with Crippen LogP contribution in [-0.2, 0) is 0 Å². The fourth-order valence-electron chi connectivity index (χ4n) is 5.05. The van der Waals surface area contributed by atoms with Crippen molar-refractivity contribution < 1.29 is 0 Å². The van der Waals surface area contributed by atoms with Gasteiger partial charge in [-0.1, -0.05) is 103 Å². The van der Waals surface area contributed by atoms with Crippen LogP contribution in [0.4, 0.5) is 0 Å². The zero-order chi connectivity index (χ0) is 20.8. The van der Waals surface area contributed by atoms with E-state index in [9.17, 15) is 0 Å². The summed E-state index contributed by atoms with van der Waals surface area (Å²) in [5.41, 5.74) is 6.63. The van der Waals surface area contributed by atoms with E-state index in [4.69, 9.17) is 0 Å². The Bertz CT molecular complexity index is 1570. The smallest absolute Gasteiger partial charge is 0.00295 e. The zero-order valence-corrected chi connectivity index (χ0v) is 17.7. The first kappa shape index (κ1) is 18.2. The molecule has 0 N–H and O–H groups in total. The standard InChI is InChI=1S/C31H24/c1-21-14-16-23(17-15-21)30-26-10-4-6-12-28(26)31(29-13-7-5-11-27(29)30)25-19-18-22-8-2-3-9-24(22)20-25/h2-4,6,8-20H,5,7H2,1H3. The summed E-state index contributed by atoms with van der Waals surface area (Å²) in [5.74, 6) is 0. The summed E-state index contributed by atoms with van der Waals surface area (Å²) in [5, 5.41) is 8.02. The molecular weight excluding hydrogens is 372 g/mol. The molecule has 0 bridgehead atoms. The number of hydrogen-bond donors (Lipinski definition) is 0. The van der Waals surface area contributed by atoms with Gasteiger partial charge in [0.05, 0.1) is 0 Å². The Labute approximate surface area is 182 Å². The van der Waals surface area contributed by atoms with E-state index in [0.717, 1.165) is 12.8 Å². The van der Waals surface area contributed by atoms with Crippen molar-refractivity contribution in [2.45, 2.75) is 19.8 Å². The highest BCUT2D eigenvalue weighted by Crippen LogP contribution is 2.33. The van der Waals surface area contributed by atoms with Crippen LogP contribution in [0, 0.1) is 6.92 Å². The largest absolute Gasteiger partial charge is 0.0757 e. The van der Waals surface area contributed by atoms with Crippen molar-refractivity contribution in [2.75, 3.05) is 0 Å². The van der Waals surface area contributed by atoms with Crippen LogP contribution < -0.4 is 10.4 Å². The minimum atomic E-state index is 1.10. The molecule has 0 nitrogen and oxygen atoms in total. The van der Waals surface area contributed by atoms with Crippen LogP contribution in [0.3, 0.4) is 0 Å². The predicted octanol–water partition coefficient (Wildman–Crippen LogP) is 6.99. The van der Waals surface area contributed by atoms with Crippen LogP contribution in [0.15, 0.2) is 91.0 Å². The molecule has 0 unspecified atom stereocenters. The summed E-state index contributed by atoms with van der Waals surface area (Å²) in [7, 11) is 0. The van der Waals surface area contributed by atoms with Gasteiger partial charge in [-0.05, 0) is 80.1 Å². The third-order valence-electron chi connectivity index (χ3n) is 6.54. The predicted molar refractivity (Wildman–Crippen MR) is 134 cm³/mol. The van der Waals surface area contributed by atoms with E-state index in [1.165, 1.54) is 59.8 Å². The van der Waals surface area contributed by atoms with Crippen molar-refractivity contribution in [2.24, 2.45) is 0 Å². The lowest BCUT2D eigenvalue weighted by molar-refractivity contribution is 1.12. The molecule has 1 aliphatic carbocycles. The van der Waals surface area contributed by atoms with E-state index in [2.05, 4.69) is 110 Å². The van der Waals surface area contributed by atoms with Gasteiger partial charge in [-0.25, -0.2) is 0 Å². The molecule has 0 aromatic heterocycles. The molecule has 0 amide bonds. The molecule has 0 heteroatoms. The Hall–Kier alpha value is -3.64. The van der Waals surface area contributed by atoms with Gasteiger partial charge in [-0.3, -0.25) is 0 Å². The second-order valence-electron chi connectivity index (χ2n) is 8.54. The third kappa shape index (κ3) is 2.99. The molecule has 6 rings (SSSR count). The first-order chi connectivity index (χ1) is 15.3. The molecule has 5 aromatic carbocycles. The summed E-state index contributed by atoms with van der Waals surface area (Å²) in [4.78, 5) is 0. The molecule has 0 heterocycles. The van der Waals surface area contributed by atoms with E-state index in [0.29, 0.717) is 0 Å². The summed E-state index contributed by atoms with van der Waals surface area (Å²) in [6.07, 6.45) is 7.09. The second kappa shape index (κ2) is 7.25. The zero-order valence-electron chi connectivity index (χ0n) is 17.7. The van der Waals surface area contributed by atoms with Gasteiger partial charge in [0.15, 0.2) is 0 Å². The molecule has 0 fully saturated rings. The summed E-state index contributed by atoms with van der Waals surface area (Å²) in [6.45, 7) is 2.15. The van der Waals surface area contributed by atoms with Crippen LogP contribution in [0.25, 0.3) is 56.0 Å². The van der Waals surface area contributed by atoms with Gasteiger partial charge in [0, 0.05) is 0 Å². The Morgan fingerprint density at radius 1 is 0.516 bits per heavy atom. The molecule has 31 heavy (non-hydrogen) atoms. The summed E-state index contributed by atoms with van der Waals surface area (Å²) >= 11 is 0. The van der Waals surface area contributed by atoms with E-state index in [1.807, 2.05) is 0 Å². The van der Waals surface area contributed by atoms with E-state index in [-0.39, 0.29) is 0 Å². The minimum Gasteiger partial charge on any atom is -0.0757 e. The van der Waals surface area contributed by atoms with Crippen molar-refractivity contribution in [3.63, 3.8) is 0 Å². The molecule has 0 radical (unpaired) electrons. The topological polar surface area (TPSA) is 0 Å². The highest BCUT2D eigenvalue weighted by atomic mass is 14.2. The number of hydrogen-bond acceptors (Lipinski definition) is 0. The molecule has 5 aromatic rings. The van der Waals surface area contributed by atoms with Gasteiger partial charge in [0.25, 0.3) is 0 Å². The van der Waals surface area contributed by atoms with Crippen LogP contribution in [-0.4, -0.2) is 0 Å². The van der Waals surface area contributed by atoms with Crippen LogP contribution >= 0.6 is 0 Å². The number of rotatable bonds is 2. The maximum absolute atomic E-state index is 2.45. The van der Waals surface area contributed by atoms with Gasteiger partial charge < -0.3 is 0 Å². The fourth-order valence-corrected chi connectivity index (χ4v) is 5.05. The average Bonchev–Trinajstić information content (AvgIpc) is 2.83. The van der Waals surface area contributed by atoms with E-state index in [1.54, 1.807) is 0 Å². The Balaban J connectivity index is 1.76. The maximum Gasteiger partial charge on any atom is -0.00295 e. The van der Waals surface area contributed by atoms with Crippen LogP contribution in [0.2, 0.25) is 0 Å². The van der Waals surface area contributed by atoms with E-state index < -0.39 is 0 Å². The van der Waals surface area contributed by atoms with Crippen LogP contribution in [0.1, 0.15) is 18.4 Å². The summed E-state index contributed by atoms with van der Waals surface area (Å²) < 4.78 is 0. The molecule has 0 aliphatic heterocycles. The second-order valence-corrected chi connectivity index (χ2v) is 8.54. The maximum atomic E-state index is 2.45. The lowest BCUT2D eigenvalue weighted by Crippen LogP contribution is -2.31. The van der Waals surface area contributed by atoms with Crippen molar-refractivity contribution in [1.82, 2.24) is 0 Å². The molecule has 0 spiro atoms. The highest BCUT2D eigenvalue weighted by molar-refractivity contribution is 6.06. The third-order valence-corrected chi connectivity index (χ3v) is 6.54. The molecule has 0 atom stereocenters. The van der Waals surface area contributed by atoms with Crippen molar-refractivity contribution >= 4 is 33.7 Å². The molecule has 0 saturated heterocycles. The van der Waals surface area contributed by atoms with Crippen LogP contribution in [0.5, 0.6) is 0 Å². The lowest BCUT2D eigenvalue weighted by atomic mass is 9.86. The molecular formula is C31H24. The lowest BCUT2D eigenvalue weighted by Gasteiger charge is -2.18. The number of fused-ring (bicyclic) bond motifs is 3. The molecule has 0 saturated carbocycles. The Morgan fingerprint density at radius 2 is 1.06 bits per heavy atom. The summed E-state index contributed by atoms with van der Waals surface area (Å²) in [6, 6.07) is 33.4. The van der Waals surface area contributed by atoms with Gasteiger partial charge in [-0.2, -0.15) is 0 Å². The normalized spacial score (nSPS) is 12.9.